The number of nitrogens with two attached hydrogens (primary N) is 2. The van der Waals surface area contributed by atoms with Crippen LogP contribution in [0.3, 0.4) is 0 Å². The summed E-state index contributed by atoms with van der Waals surface area (Å²) in [6.45, 7) is 7.23. The summed E-state index contributed by atoms with van der Waals surface area (Å²) in [5, 5.41) is 0. The molecule has 6 nitrogen and oxygen atoms in total. The second-order valence-corrected chi connectivity index (χ2v) is 8.31. The minimum Gasteiger partial charge on any atom is -0.385 e. The van der Waals surface area contributed by atoms with Gasteiger partial charge in [0.05, 0.1) is 5.57 Å². The molecule has 1 saturated carbocycles. The molecule has 1 heterocycles. The van der Waals surface area contributed by atoms with Gasteiger partial charge in [0.1, 0.15) is 5.82 Å². The Morgan fingerprint density at radius 1 is 1.17 bits per heavy atom. The van der Waals surface area contributed by atoms with Gasteiger partial charge >= 0.3 is 0 Å². The Labute approximate surface area is 178 Å². The fourth-order valence-corrected chi connectivity index (χ4v) is 4.58. The summed E-state index contributed by atoms with van der Waals surface area (Å²) in [7, 11) is 1.91. The Kier molecular flexibility index (Phi) is 6.21. The predicted octanol–water partition coefficient (Wildman–Crippen LogP) is 2.08. The van der Waals surface area contributed by atoms with Gasteiger partial charge in [-0.25, -0.2) is 0 Å². The van der Waals surface area contributed by atoms with E-state index in [1.165, 1.54) is 0 Å². The lowest BCUT2D eigenvalue weighted by molar-refractivity contribution is -0.129. The Morgan fingerprint density at radius 2 is 1.77 bits per heavy atom. The predicted molar refractivity (Wildman–Crippen MR) is 118 cm³/mol. The number of carbonyl (C=O) groups excluding carboxylic acids is 2. The van der Waals surface area contributed by atoms with Crippen molar-refractivity contribution in [2.24, 2.45) is 16.9 Å². The van der Waals surface area contributed by atoms with E-state index in [0.717, 1.165) is 44.3 Å². The molecular formula is C24H30N4O2. The summed E-state index contributed by atoms with van der Waals surface area (Å²) in [5.41, 5.74) is 13.9. The van der Waals surface area contributed by atoms with E-state index in [-0.39, 0.29) is 22.9 Å². The lowest BCUT2D eigenvalue weighted by Crippen LogP contribution is -2.55. The van der Waals surface area contributed by atoms with Crippen molar-refractivity contribution in [3.63, 3.8) is 0 Å². The molecular weight excluding hydrogens is 376 g/mol. The standard InChI is InChI=1S/C24H30N4O2/c1-4-8-20(29)28-13-11-24(12-14-28)15-19(16-24)27(3)22(25)21(23(26)30)17(2)18-9-6-5-7-10-18/h5-7,9-10,19H,2,11-16,25H2,1,3H3,(H2,26,30)/b22-21+. The number of rotatable bonds is 5. The van der Waals surface area contributed by atoms with Gasteiger partial charge in [-0.3, -0.25) is 9.59 Å². The molecule has 1 aromatic rings. The number of amides is 2. The van der Waals surface area contributed by atoms with Gasteiger partial charge in [-0.15, -0.1) is 0 Å². The van der Waals surface area contributed by atoms with E-state index in [0.29, 0.717) is 11.4 Å². The first kappa shape index (κ1) is 21.5. The van der Waals surface area contributed by atoms with E-state index in [4.69, 9.17) is 11.5 Å². The fourth-order valence-electron chi connectivity index (χ4n) is 4.58. The zero-order chi connectivity index (χ0) is 21.9. The van der Waals surface area contributed by atoms with Crippen molar-refractivity contribution in [1.29, 1.82) is 0 Å². The maximum Gasteiger partial charge on any atom is 0.298 e. The highest BCUT2D eigenvalue weighted by atomic mass is 16.2. The van der Waals surface area contributed by atoms with Crippen LogP contribution in [-0.4, -0.2) is 47.8 Å². The molecule has 2 aliphatic rings. The molecule has 30 heavy (non-hydrogen) atoms. The quantitative estimate of drug-likeness (QED) is 0.445. The van der Waals surface area contributed by atoms with Crippen molar-refractivity contribution < 1.29 is 9.59 Å². The maximum absolute atomic E-state index is 12.2. The molecule has 1 saturated heterocycles. The van der Waals surface area contributed by atoms with E-state index in [2.05, 4.69) is 18.4 Å². The molecule has 0 radical (unpaired) electrons. The van der Waals surface area contributed by atoms with E-state index < -0.39 is 5.91 Å². The van der Waals surface area contributed by atoms with Crippen LogP contribution < -0.4 is 11.5 Å². The van der Waals surface area contributed by atoms with Crippen LogP contribution in [0.15, 0.2) is 48.3 Å². The molecule has 158 valence electrons. The van der Waals surface area contributed by atoms with Gasteiger partial charge in [0.25, 0.3) is 11.8 Å². The van der Waals surface area contributed by atoms with Gasteiger partial charge in [-0.2, -0.15) is 0 Å². The smallest absolute Gasteiger partial charge is 0.298 e. The van der Waals surface area contributed by atoms with Gasteiger partial charge in [0.15, 0.2) is 0 Å². The number of benzene rings is 1. The van der Waals surface area contributed by atoms with Crippen LogP contribution in [0.2, 0.25) is 0 Å². The first-order valence-corrected chi connectivity index (χ1v) is 10.3. The van der Waals surface area contributed by atoms with Crippen LogP contribution in [-0.2, 0) is 9.59 Å². The molecule has 1 aliphatic heterocycles. The van der Waals surface area contributed by atoms with E-state index in [9.17, 15) is 9.59 Å². The van der Waals surface area contributed by atoms with Gasteiger partial charge in [0.2, 0.25) is 0 Å². The minimum absolute atomic E-state index is 0.0851. The SMILES string of the molecule is C=C(/C(C(N)=O)=C(/N)N(C)C1CC2(CCN(C(=O)C#CC)CC2)C1)c1ccccc1. The summed E-state index contributed by atoms with van der Waals surface area (Å²) in [6, 6.07) is 9.68. The zero-order valence-corrected chi connectivity index (χ0v) is 17.8. The number of nitrogens with zero attached hydrogens (tertiary/aromatic N) is 2. The first-order valence-electron chi connectivity index (χ1n) is 10.3. The van der Waals surface area contributed by atoms with E-state index in [1.807, 2.05) is 47.2 Å². The number of hydrogen-bond acceptors (Lipinski definition) is 4. The number of likely N-dealkylation sites (tertiary alicyclic amines) is 1. The topological polar surface area (TPSA) is 92.7 Å². The number of carbonyl (C=O) groups is 2. The zero-order valence-electron chi connectivity index (χ0n) is 17.8. The summed E-state index contributed by atoms with van der Waals surface area (Å²) >= 11 is 0. The lowest BCUT2D eigenvalue weighted by Gasteiger charge is -2.55. The molecule has 2 fully saturated rings. The molecule has 6 heteroatoms. The van der Waals surface area contributed by atoms with Gasteiger partial charge < -0.3 is 21.3 Å². The summed E-state index contributed by atoms with van der Waals surface area (Å²) in [4.78, 5) is 27.9. The van der Waals surface area contributed by atoms with Crippen molar-refractivity contribution in [2.75, 3.05) is 20.1 Å². The van der Waals surface area contributed by atoms with Crippen LogP contribution in [0.25, 0.3) is 5.57 Å². The van der Waals surface area contributed by atoms with Crippen LogP contribution in [0.1, 0.15) is 38.2 Å². The van der Waals surface area contributed by atoms with Gasteiger partial charge in [0, 0.05) is 26.2 Å². The first-order chi connectivity index (χ1) is 14.3. The monoisotopic (exact) mass is 406 g/mol. The van der Waals surface area contributed by atoms with Crippen LogP contribution in [0.4, 0.5) is 0 Å². The fraction of sp³-hybridized carbons (Fsp3) is 0.417. The summed E-state index contributed by atoms with van der Waals surface area (Å²) in [6.07, 6.45) is 3.90. The molecule has 0 unspecified atom stereocenters. The third-order valence-electron chi connectivity index (χ3n) is 6.53. The van der Waals surface area contributed by atoms with Crippen molar-refractivity contribution in [2.45, 2.75) is 38.6 Å². The molecule has 1 aliphatic carbocycles. The maximum atomic E-state index is 12.2. The van der Waals surface area contributed by atoms with Crippen molar-refractivity contribution >= 4 is 17.4 Å². The second-order valence-electron chi connectivity index (χ2n) is 8.31. The van der Waals surface area contributed by atoms with E-state index in [1.54, 1.807) is 6.92 Å². The Morgan fingerprint density at radius 3 is 2.30 bits per heavy atom. The second kappa shape index (κ2) is 8.66. The van der Waals surface area contributed by atoms with Crippen LogP contribution in [0, 0.1) is 17.3 Å². The highest BCUT2D eigenvalue weighted by molar-refractivity contribution is 6.08. The van der Waals surface area contributed by atoms with Crippen molar-refractivity contribution in [3.05, 3.63) is 53.9 Å². The highest BCUT2D eigenvalue weighted by Gasteiger charge is 2.48. The molecule has 3 rings (SSSR count). The molecule has 0 aromatic heterocycles. The lowest BCUT2D eigenvalue weighted by atomic mass is 9.60. The average molecular weight is 407 g/mol. The molecule has 2 amide bonds. The van der Waals surface area contributed by atoms with Crippen LogP contribution in [0.5, 0.6) is 0 Å². The normalized spacial score (nSPS) is 18.5. The molecule has 1 spiro atoms. The van der Waals surface area contributed by atoms with Gasteiger partial charge in [-0.1, -0.05) is 42.8 Å². The summed E-state index contributed by atoms with van der Waals surface area (Å²) in [5.74, 6) is 5.00. The third-order valence-corrected chi connectivity index (χ3v) is 6.53. The number of primary amides is 1. The Balaban J connectivity index is 1.67. The Bertz CT molecular complexity index is 923. The number of hydrogen-bond donors (Lipinski definition) is 2. The van der Waals surface area contributed by atoms with Crippen molar-refractivity contribution in [1.82, 2.24) is 9.80 Å². The average Bonchev–Trinajstić information content (AvgIpc) is 2.72. The third kappa shape index (κ3) is 4.20. The Hall–Kier alpha value is -3.20. The molecule has 0 atom stereocenters. The van der Waals surface area contributed by atoms with Crippen molar-refractivity contribution in [3.8, 4) is 11.8 Å². The van der Waals surface area contributed by atoms with E-state index >= 15 is 0 Å². The summed E-state index contributed by atoms with van der Waals surface area (Å²) < 4.78 is 0. The largest absolute Gasteiger partial charge is 0.385 e. The number of piperidine rings is 1. The molecule has 4 N–H and O–H groups in total. The van der Waals surface area contributed by atoms with Gasteiger partial charge in [-0.05, 0) is 55.1 Å². The minimum atomic E-state index is -0.578. The van der Waals surface area contributed by atoms with Crippen LogP contribution >= 0.6 is 0 Å². The molecule has 1 aromatic carbocycles. The highest BCUT2D eigenvalue weighted by Crippen LogP contribution is 2.51. The molecule has 0 bridgehead atoms.